The monoisotopic (exact) mass is 271 g/mol. The third-order valence-corrected chi connectivity index (χ3v) is 1.44. The van der Waals surface area contributed by atoms with E-state index >= 15 is 0 Å². The molecule has 4 nitrogen and oxygen atoms in total. The molecule has 18 heavy (non-hydrogen) atoms. The van der Waals surface area contributed by atoms with Gasteiger partial charge in [0.05, 0.1) is 5.56 Å². The maximum atomic E-state index is 12.6. The largest absolute Gasteiger partial charge is 0.490 e. The highest BCUT2D eigenvalue weighted by Crippen LogP contribution is 2.13. The van der Waals surface area contributed by atoms with Crippen LogP contribution < -0.4 is 5.73 Å². The van der Waals surface area contributed by atoms with Gasteiger partial charge in [-0.3, -0.25) is 4.79 Å². The van der Waals surface area contributed by atoms with Gasteiger partial charge >= 0.3 is 12.1 Å². The second-order valence-corrected chi connectivity index (χ2v) is 2.79. The summed E-state index contributed by atoms with van der Waals surface area (Å²) >= 11 is 0. The molecule has 0 fully saturated rings. The summed E-state index contributed by atoms with van der Waals surface area (Å²) in [4.78, 5) is 19.3. The maximum Gasteiger partial charge on any atom is 0.490 e. The number of hydrogen-bond donors (Lipinski definition) is 2. The van der Waals surface area contributed by atoms with Gasteiger partial charge in [-0.15, -0.1) is 0 Å². The molecule has 0 bridgehead atoms. The molecule has 0 aliphatic rings. The zero-order valence-electron chi connectivity index (χ0n) is 8.46. The van der Waals surface area contributed by atoms with Crippen molar-refractivity contribution in [3.8, 4) is 0 Å². The van der Waals surface area contributed by atoms with E-state index in [9.17, 15) is 26.7 Å². The molecule has 100 valence electrons. The van der Waals surface area contributed by atoms with Crippen LogP contribution >= 0.6 is 0 Å². The van der Waals surface area contributed by atoms with Crippen LogP contribution in [0.1, 0.15) is 10.4 Å². The molecule has 0 spiro atoms. The van der Waals surface area contributed by atoms with Gasteiger partial charge in [-0.1, -0.05) is 0 Å². The minimum atomic E-state index is -5.08. The quantitative estimate of drug-likeness (QED) is 0.763. The summed E-state index contributed by atoms with van der Waals surface area (Å²) in [5.41, 5.74) is 4.46. The molecule has 0 aliphatic carbocycles. The molecule has 1 rings (SSSR count). The topological polar surface area (TPSA) is 80.4 Å². The van der Waals surface area contributed by atoms with Gasteiger partial charge in [0.1, 0.15) is 11.6 Å². The van der Waals surface area contributed by atoms with E-state index in [-0.39, 0.29) is 5.56 Å². The van der Waals surface area contributed by atoms with Crippen LogP contribution in [0.4, 0.5) is 22.0 Å². The normalized spacial score (nSPS) is 10.3. The van der Waals surface area contributed by atoms with Crippen LogP contribution in [0.5, 0.6) is 0 Å². The maximum absolute atomic E-state index is 12.6. The zero-order chi connectivity index (χ0) is 14.5. The molecule has 0 unspecified atom stereocenters. The van der Waals surface area contributed by atoms with Gasteiger partial charge in [0.2, 0.25) is 0 Å². The summed E-state index contributed by atoms with van der Waals surface area (Å²) in [7, 11) is 0. The molecule has 0 radical (unpaired) electrons. The third-order valence-electron chi connectivity index (χ3n) is 1.44. The summed E-state index contributed by atoms with van der Waals surface area (Å²) in [6.07, 6.45) is -5.08. The Morgan fingerprint density at radius 3 is 1.89 bits per heavy atom. The molecule has 0 aromatic heterocycles. The van der Waals surface area contributed by atoms with Crippen molar-refractivity contribution in [3.05, 3.63) is 35.4 Å². The average Bonchev–Trinajstić information content (AvgIpc) is 2.15. The van der Waals surface area contributed by atoms with Crippen LogP contribution in [0, 0.1) is 11.6 Å². The number of rotatable bonds is 1. The lowest BCUT2D eigenvalue weighted by Crippen LogP contribution is -2.21. The Balaban J connectivity index is 0.000000360. The van der Waals surface area contributed by atoms with Gasteiger partial charge < -0.3 is 10.8 Å². The fourth-order valence-electron chi connectivity index (χ4n) is 0.689. The standard InChI is InChI=1S/C7H5F2NO.C2HF3O2/c8-4-1-2-5(7(10)11)6(9)3-4;3-2(4,5)1(6)7/h1-3H,(H2,10,11);(H,6,7). The molecule has 0 heterocycles. The Kier molecular flexibility index (Phi) is 5.22. The van der Waals surface area contributed by atoms with E-state index in [1.54, 1.807) is 0 Å². The number of carboxylic acids is 1. The third kappa shape index (κ3) is 5.23. The summed E-state index contributed by atoms with van der Waals surface area (Å²) in [5.74, 6) is -5.32. The lowest BCUT2D eigenvalue weighted by molar-refractivity contribution is -0.192. The van der Waals surface area contributed by atoms with E-state index < -0.39 is 29.7 Å². The first-order chi connectivity index (χ1) is 8.05. The molecular weight excluding hydrogens is 265 g/mol. The molecule has 9 heteroatoms. The van der Waals surface area contributed by atoms with E-state index in [0.717, 1.165) is 12.1 Å². The fraction of sp³-hybridized carbons (Fsp3) is 0.111. The molecular formula is C9H6F5NO3. The number of amides is 1. The van der Waals surface area contributed by atoms with Crippen LogP contribution in [0.15, 0.2) is 18.2 Å². The van der Waals surface area contributed by atoms with Crippen LogP contribution in [-0.2, 0) is 4.79 Å². The number of carbonyl (C=O) groups is 2. The summed E-state index contributed by atoms with van der Waals surface area (Å²) in [5, 5.41) is 7.12. The van der Waals surface area contributed by atoms with E-state index in [1.807, 2.05) is 0 Å². The number of carboxylic acid groups (broad SMARTS) is 1. The van der Waals surface area contributed by atoms with Crippen LogP contribution in [0.25, 0.3) is 0 Å². The number of hydrogen-bond acceptors (Lipinski definition) is 2. The Labute approximate surface area is 96.8 Å². The molecule has 3 N–H and O–H groups in total. The van der Waals surface area contributed by atoms with Crippen molar-refractivity contribution in [1.82, 2.24) is 0 Å². The Morgan fingerprint density at radius 1 is 1.17 bits per heavy atom. The van der Waals surface area contributed by atoms with Crippen molar-refractivity contribution >= 4 is 11.9 Å². The number of benzene rings is 1. The highest BCUT2D eigenvalue weighted by atomic mass is 19.4. The van der Waals surface area contributed by atoms with Crippen LogP contribution in [-0.4, -0.2) is 23.2 Å². The number of nitrogens with two attached hydrogens (primary N) is 1. The minimum absolute atomic E-state index is 0.300. The van der Waals surface area contributed by atoms with Gasteiger partial charge in [0, 0.05) is 6.07 Å². The highest BCUT2D eigenvalue weighted by Gasteiger charge is 2.38. The molecule has 0 saturated heterocycles. The van der Waals surface area contributed by atoms with Crippen molar-refractivity contribution < 1.29 is 36.6 Å². The van der Waals surface area contributed by atoms with E-state index in [1.165, 1.54) is 0 Å². The first-order valence-electron chi connectivity index (χ1n) is 4.10. The summed E-state index contributed by atoms with van der Waals surface area (Å²) in [6, 6.07) is 2.59. The molecule has 1 aromatic carbocycles. The second-order valence-electron chi connectivity index (χ2n) is 2.79. The summed E-state index contributed by atoms with van der Waals surface area (Å²) in [6.45, 7) is 0. The fourth-order valence-corrected chi connectivity index (χ4v) is 0.689. The first kappa shape index (κ1) is 15.8. The highest BCUT2D eigenvalue weighted by molar-refractivity contribution is 5.92. The first-order valence-corrected chi connectivity index (χ1v) is 4.10. The minimum Gasteiger partial charge on any atom is -0.475 e. The summed E-state index contributed by atoms with van der Waals surface area (Å²) < 4.78 is 56.5. The molecule has 0 atom stereocenters. The number of alkyl halides is 3. The van der Waals surface area contributed by atoms with E-state index in [2.05, 4.69) is 0 Å². The number of carbonyl (C=O) groups excluding carboxylic acids is 1. The van der Waals surface area contributed by atoms with Crippen molar-refractivity contribution in [2.75, 3.05) is 0 Å². The number of primary amides is 1. The Hall–Kier alpha value is -2.19. The van der Waals surface area contributed by atoms with Crippen molar-refractivity contribution in [1.29, 1.82) is 0 Å². The van der Waals surface area contributed by atoms with E-state index in [4.69, 9.17) is 15.6 Å². The van der Waals surface area contributed by atoms with Crippen LogP contribution in [0.2, 0.25) is 0 Å². The smallest absolute Gasteiger partial charge is 0.475 e. The van der Waals surface area contributed by atoms with Gasteiger partial charge in [-0.2, -0.15) is 13.2 Å². The van der Waals surface area contributed by atoms with Gasteiger partial charge in [0.25, 0.3) is 5.91 Å². The lowest BCUT2D eigenvalue weighted by atomic mass is 10.2. The van der Waals surface area contributed by atoms with Crippen LogP contribution in [0.3, 0.4) is 0 Å². The molecule has 1 amide bonds. The van der Waals surface area contributed by atoms with Gasteiger partial charge in [-0.25, -0.2) is 13.6 Å². The Bertz CT molecular complexity index is 458. The molecule has 0 aliphatic heterocycles. The zero-order valence-corrected chi connectivity index (χ0v) is 8.46. The van der Waals surface area contributed by atoms with Crippen molar-refractivity contribution in [2.45, 2.75) is 6.18 Å². The van der Waals surface area contributed by atoms with Crippen molar-refractivity contribution in [2.24, 2.45) is 5.73 Å². The Morgan fingerprint density at radius 2 is 1.61 bits per heavy atom. The van der Waals surface area contributed by atoms with E-state index in [0.29, 0.717) is 6.07 Å². The van der Waals surface area contributed by atoms with Crippen molar-refractivity contribution in [3.63, 3.8) is 0 Å². The van der Waals surface area contributed by atoms with Gasteiger partial charge in [0.15, 0.2) is 0 Å². The lowest BCUT2D eigenvalue weighted by Gasteiger charge is -1.95. The molecule has 1 aromatic rings. The average molecular weight is 271 g/mol. The molecule has 0 saturated carbocycles. The SMILES string of the molecule is NC(=O)c1ccc(F)cc1F.O=C(O)C(F)(F)F. The number of halogens is 5. The predicted octanol–water partition coefficient (Wildman–Crippen LogP) is 1.70. The second kappa shape index (κ2) is 5.94. The number of aliphatic carboxylic acids is 1. The van der Waals surface area contributed by atoms with Gasteiger partial charge in [-0.05, 0) is 12.1 Å². The predicted molar refractivity (Wildman–Crippen MR) is 48.6 cm³/mol.